The van der Waals surface area contributed by atoms with Crippen LogP contribution < -0.4 is 5.32 Å². The molecular formula is C17H34N2. The molecule has 0 spiro atoms. The summed E-state index contributed by atoms with van der Waals surface area (Å²) in [6.45, 7) is 10.8. The molecule has 1 aliphatic carbocycles. The molecule has 1 saturated carbocycles. The number of hydrogen-bond acceptors (Lipinski definition) is 2. The molecule has 2 atom stereocenters. The van der Waals surface area contributed by atoms with Crippen molar-refractivity contribution in [1.82, 2.24) is 10.2 Å². The van der Waals surface area contributed by atoms with Gasteiger partial charge in [0.2, 0.25) is 0 Å². The lowest BCUT2D eigenvalue weighted by molar-refractivity contribution is 0.0785. The van der Waals surface area contributed by atoms with Gasteiger partial charge >= 0.3 is 0 Å². The predicted octanol–water partition coefficient (Wildman–Crippen LogP) is 3.67. The summed E-state index contributed by atoms with van der Waals surface area (Å²) in [5.41, 5.74) is 0. The Morgan fingerprint density at radius 2 is 1.89 bits per heavy atom. The fourth-order valence-corrected chi connectivity index (χ4v) is 4.29. The molecule has 112 valence electrons. The van der Waals surface area contributed by atoms with Crippen LogP contribution in [0.5, 0.6) is 0 Å². The third kappa shape index (κ3) is 4.46. The summed E-state index contributed by atoms with van der Waals surface area (Å²) in [6, 6.07) is 1.59. The van der Waals surface area contributed by atoms with E-state index in [4.69, 9.17) is 0 Å². The fourth-order valence-electron chi connectivity index (χ4n) is 4.29. The van der Waals surface area contributed by atoms with Gasteiger partial charge in [0.25, 0.3) is 0 Å². The van der Waals surface area contributed by atoms with Crippen molar-refractivity contribution >= 4 is 0 Å². The molecule has 0 bridgehead atoms. The molecule has 0 aromatic rings. The Morgan fingerprint density at radius 3 is 2.53 bits per heavy atom. The predicted molar refractivity (Wildman–Crippen MR) is 83.5 cm³/mol. The van der Waals surface area contributed by atoms with E-state index in [-0.39, 0.29) is 0 Å². The summed E-state index contributed by atoms with van der Waals surface area (Å²) < 4.78 is 0. The standard InChI is InChI=1S/C17H34N2/c1-4-17(15-8-6-5-7-9-15)19-11-10-18-16(13-19)12-14(2)3/h14-18H,4-13H2,1-3H3. The van der Waals surface area contributed by atoms with Crippen molar-refractivity contribution < 1.29 is 0 Å². The molecule has 0 aromatic carbocycles. The zero-order valence-electron chi connectivity index (χ0n) is 13.3. The third-order valence-electron chi connectivity index (χ3n) is 5.12. The van der Waals surface area contributed by atoms with Gasteiger partial charge in [-0.3, -0.25) is 4.90 Å². The van der Waals surface area contributed by atoms with Crippen LogP contribution in [-0.4, -0.2) is 36.6 Å². The summed E-state index contributed by atoms with van der Waals surface area (Å²) >= 11 is 0. The van der Waals surface area contributed by atoms with E-state index in [1.165, 1.54) is 64.6 Å². The highest BCUT2D eigenvalue weighted by Gasteiger charge is 2.30. The minimum absolute atomic E-state index is 0.728. The zero-order valence-corrected chi connectivity index (χ0v) is 13.3. The van der Waals surface area contributed by atoms with Crippen molar-refractivity contribution in [2.24, 2.45) is 11.8 Å². The van der Waals surface area contributed by atoms with E-state index >= 15 is 0 Å². The Morgan fingerprint density at radius 1 is 1.16 bits per heavy atom. The van der Waals surface area contributed by atoms with Gasteiger partial charge in [-0.25, -0.2) is 0 Å². The van der Waals surface area contributed by atoms with Crippen LogP contribution in [-0.2, 0) is 0 Å². The van der Waals surface area contributed by atoms with E-state index < -0.39 is 0 Å². The smallest absolute Gasteiger partial charge is 0.0198 e. The van der Waals surface area contributed by atoms with Gasteiger partial charge in [0, 0.05) is 31.7 Å². The first kappa shape index (κ1) is 15.3. The molecule has 1 saturated heterocycles. The highest BCUT2D eigenvalue weighted by molar-refractivity contribution is 4.87. The van der Waals surface area contributed by atoms with E-state index in [1.54, 1.807) is 0 Å². The van der Waals surface area contributed by atoms with Gasteiger partial charge < -0.3 is 5.32 Å². The topological polar surface area (TPSA) is 15.3 Å². The van der Waals surface area contributed by atoms with Crippen molar-refractivity contribution in [3.8, 4) is 0 Å². The minimum atomic E-state index is 0.728. The Hall–Kier alpha value is -0.0800. The van der Waals surface area contributed by atoms with E-state index in [2.05, 4.69) is 31.0 Å². The lowest BCUT2D eigenvalue weighted by Crippen LogP contribution is -2.55. The third-order valence-corrected chi connectivity index (χ3v) is 5.12. The maximum absolute atomic E-state index is 3.72. The molecule has 2 aliphatic rings. The lowest BCUT2D eigenvalue weighted by Gasteiger charge is -2.43. The molecule has 2 unspecified atom stereocenters. The van der Waals surface area contributed by atoms with Crippen molar-refractivity contribution in [1.29, 1.82) is 0 Å². The number of nitrogens with zero attached hydrogens (tertiary/aromatic N) is 1. The number of nitrogens with one attached hydrogen (secondary N) is 1. The molecule has 0 amide bonds. The Kier molecular flexibility index (Phi) is 6.15. The van der Waals surface area contributed by atoms with E-state index in [0.29, 0.717) is 0 Å². The van der Waals surface area contributed by atoms with Crippen molar-refractivity contribution in [3.05, 3.63) is 0 Å². The second-order valence-electron chi connectivity index (χ2n) is 7.15. The van der Waals surface area contributed by atoms with Crippen LogP contribution in [0.3, 0.4) is 0 Å². The van der Waals surface area contributed by atoms with Crippen molar-refractivity contribution in [3.63, 3.8) is 0 Å². The summed E-state index contributed by atoms with van der Waals surface area (Å²) in [6.07, 6.45) is 10.1. The SMILES string of the molecule is CCC(C1CCCCC1)N1CCNC(CC(C)C)C1. The molecule has 2 rings (SSSR count). The van der Waals surface area contributed by atoms with Gasteiger partial charge in [0.05, 0.1) is 0 Å². The summed E-state index contributed by atoms with van der Waals surface area (Å²) in [5, 5.41) is 3.72. The first-order valence-electron chi connectivity index (χ1n) is 8.68. The summed E-state index contributed by atoms with van der Waals surface area (Å²) in [5.74, 6) is 1.80. The number of rotatable bonds is 5. The molecule has 2 nitrogen and oxygen atoms in total. The van der Waals surface area contributed by atoms with Crippen LogP contribution in [0.15, 0.2) is 0 Å². The average Bonchev–Trinajstić information content (AvgIpc) is 2.40. The molecule has 1 aliphatic heterocycles. The molecular weight excluding hydrogens is 232 g/mol. The van der Waals surface area contributed by atoms with Gasteiger partial charge in [-0.1, -0.05) is 40.0 Å². The average molecular weight is 266 g/mol. The zero-order chi connectivity index (χ0) is 13.7. The van der Waals surface area contributed by atoms with Crippen LogP contribution in [0.1, 0.15) is 65.7 Å². The summed E-state index contributed by atoms with van der Waals surface area (Å²) in [4.78, 5) is 2.82. The van der Waals surface area contributed by atoms with Gasteiger partial charge in [0.15, 0.2) is 0 Å². The fraction of sp³-hybridized carbons (Fsp3) is 1.00. The second-order valence-corrected chi connectivity index (χ2v) is 7.15. The van der Waals surface area contributed by atoms with E-state index in [9.17, 15) is 0 Å². The van der Waals surface area contributed by atoms with Gasteiger partial charge in [-0.15, -0.1) is 0 Å². The van der Waals surface area contributed by atoms with Crippen molar-refractivity contribution in [2.45, 2.75) is 77.8 Å². The first-order valence-corrected chi connectivity index (χ1v) is 8.68. The monoisotopic (exact) mass is 266 g/mol. The van der Waals surface area contributed by atoms with Crippen LogP contribution >= 0.6 is 0 Å². The maximum Gasteiger partial charge on any atom is 0.0198 e. The molecule has 19 heavy (non-hydrogen) atoms. The Balaban J connectivity index is 1.89. The van der Waals surface area contributed by atoms with Crippen LogP contribution in [0.4, 0.5) is 0 Å². The normalized spacial score (nSPS) is 28.7. The number of hydrogen-bond donors (Lipinski definition) is 1. The van der Waals surface area contributed by atoms with Crippen molar-refractivity contribution in [2.75, 3.05) is 19.6 Å². The number of piperazine rings is 1. The molecule has 2 heteroatoms. The van der Waals surface area contributed by atoms with E-state index in [0.717, 1.165) is 23.9 Å². The molecule has 0 aromatic heterocycles. The first-order chi connectivity index (χ1) is 9.20. The largest absolute Gasteiger partial charge is 0.311 e. The minimum Gasteiger partial charge on any atom is -0.311 e. The van der Waals surface area contributed by atoms with Crippen LogP contribution in [0.2, 0.25) is 0 Å². The molecule has 1 heterocycles. The molecule has 2 fully saturated rings. The van der Waals surface area contributed by atoms with Crippen LogP contribution in [0.25, 0.3) is 0 Å². The van der Waals surface area contributed by atoms with Crippen LogP contribution in [0, 0.1) is 11.8 Å². The second kappa shape index (κ2) is 7.64. The maximum atomic E-state index is 3.72. The van der Waals surface area contributed by atoms with Gasteiger partial charge in [-0.2, -0.15) is 0 Å². The Bertz CT molecular complexity index is 246. The summed E-state index contributed by atoms with van der Waals surface area (Å²) in [7, 11) is 0. The molecule has 1 N–H and O–H groups in total. The lowest BCUT2D eigenvalue weighted by atomic mass is 9.81. The highest BCUT2D eigenvalue weighted by atomic mass is 15.2. The highest BCUT2D eigenvalue weighted by Crippen LogP contribution is 2.31. The van der Waals surface area contributed by atoms with Gasteiger partial charge in [-0.05, 0) is 37.5 Å². The quantitative estimate of drug-likeness (QED) is 0.817. The van der Waals surface area contributed by atoms with Gasteiger partial charge in [0.1, 0.15) is 0 Å². The Labute approximate surface area is 120 Å². The molecule has 0 radical (unpaired) electrons. The van der Waals surface area contributed by atoms with E-state index in [1.807, 2.05) is 0 Å².